The minimum Gasteiger partial charge on any atom is -0.366 e. The molecular formula is C18H21N5O. The van der Waals surface area contributed by atoms with E-state index in [2.05, 4.69) is 20.3 Å². The van der Waals surface area contributed by atoms with Crippen molar-refractivity contribution in [1.29, 1.82) is 0 Å². The first-order chi connectivity index (χ1) is 11.6. The zero-order chi connectivity index (χ0) is 17.1. The maximum atomic E-state index is 12.2. The van der Waals surface area contributed by atoms with Crippen molar-refractivity contribution in [2.24, 2.45) is 7.05 Å². The maximum absolute atomic E-state index is 12.2. The second-order valence-corrected chi connectivity index (χ2v) is 5.94. The predicted octanol–water partition coefficient (Wildman–Crippen LogP) is 2.04. The Morgan fingerprint density at radius 2 is 1.83 bits per heavy atom. The Kier molecular flexibility index (Phi) is 4.57. The van der Waals surface area contributed by atoms with Gasteiger partial charge >= 0.3 is 0 Å². The lowest BCUT2D eigenvalue weighted by Crippen LogP contribution is -2.29. The van der Waals surface area contributed by atoms with E-state index in [1.807, 2.05) is 56.6 Å². The van der Waals surface area contributed by atoms with Crippen LogP contribution in [0.5, 0.6) is 0 Å². The number of nitrogens with zero attached hydrogens (tertiary/aromatic N) is 4. The van der Waals surface area contributed by atoms with E-state index in [0.29, 0.717) is 17.7 Å². The van der Waals surface area contributed by atoms with Crippen molar-refractivity contribution in [3.8, 4) is 0 Å². The van der Waals surface area contributed by atoms with Crippen LogP contribution < -0.4 is 10.9 Å². The summed E-state index contributed by atoms with van der Waals surface area (Å²) < 4.78 is 1.37. The third kappa shape index (κ3) is 3.14. The second-order valence-electron chi connectivity index (χ2n) is 5.94. The molecule has 0 aliphatic heterocycles. The summed E-state index contributed by atoms with van der Waals surface area (Å²) in [6.45, 7) is 0.638. The number of likely N-dealkylation sites (N-methyl/N-ethyl adjacent to an activating group) is 1. The van der Waals surface area contributed by atoms with E-state index in [1.165, 1.54) is 4.68 Å². The monoisotopic (exact) mass is 323 g/mol. The topological polar surface area (TPSA) is 63.1 Å². The molecule has 0 fully saturated rings. The molecule has 6 heteroatoms. The number of pyridine rings is 1. The Labute approximate surface area is 140 Å². The van der Waals surface area contributed by atoms with Crippen molar-refractivity contribution < 1.29 is 0 Å². The highest BCUT2D eigenvalue weighted by molar-refractivity contribution is 5.90. The lowest BCUT2D eigenvalue weighted by molar-refractivity contribution is 0.306. The van der Waals surface area contributed by atoms with Crippen molar-refractivity contribution in [2.75, 3.05) is 26.0 Å². The molecule has 0 bridgehead atoms. The fourth-order valence-electron chi connectivity index (χ4n) is 2.75. The largest absolute Gasteiger partial charge is 0.366 e. The van der Waals surface area contributed by atoms with Gasteiger partial charge < -0.3 is 5.32 Å². The van der Waals surface area contributed by atoms with Gasteiger partial charge in [0.25, 0.3) is 5.56 Å². The number of aromatic nitrogens is 3. The summed E-state index contributed by atoms with van der Waals surface area (Å²) >= 11 is 0. The van der Waals surface area contributed by atoms with Crippen molar-refractivity contribution in [3.63, 3.8) is 0 Å². The SMILES string of the molecule is CN(C)C(CNc1nn(C)c(=O)c2ccccc12)c1ccccn1. The molecule has 0 amide bonds. The minimum absolute atomic E-state index is 0.0926. The zero-order valence-corrected chi connectivity index (χ0v) is 14.1. The quantitative estimate of drug-likeness (QED) is 0.778. The molecule has 3 rings (SSSR count). The highest BCUT2D eigenvalue weighted by Gasteiger charge is 2.16. The van der Waals surface area contributed by atoms with Gasteiger partial charge in [-0.1, -0.05) is 24.3 Å². The Bertz CT molecular complexity index is 889. The van der Waals surface area contributed by atoms with Gasteiger partial charge in [0.05, 0.1) is 17.1 Å². The van der Waals surface area contributed by atoms with Crippen molar-refractivity contribution in [1.82, 2.24) is 19.7 Å². The van der Waals surface area contributed by atoms with Crippen LogP contribution in [0.25, 0.3) is 10.8 Å². The van der Waals surface area contributed by atoms with Crippen molar-refractivity contribution in [3.05, 3.63) is 64.7 Å². The summed E-state index contributed by atoms with van der Waals surface area (Å²) in [5.41, 5.74) is 0.897. The summed E-state index contributed by atoms with van der Waals surface area (Å²) in [6.07, 6.45) is 1.80. The van der Waals surface area contributed by atoms with Crippen LogP contribution in [0.15, 0.2) is 53.5 Å². The van der Waals surface area contributed by atoms with Gasteiger partial charge in [0.1, 0.15) is 0 Å². The molecular weight excluding hydrogens is 302 g/mol. The average Bonchev–Trinajstić information content (AvgIpc) is 2.60. The van der Waals surface area contributed by atoms with Crippen LogP contribution in [0.4, 0.5) is 5.82 Å². The second kappa shape index (κ2) is 6.80. The van der Waals surface area contributed by atoms with E-state index < -0.39 is 0 Å². The molecule has 1 aromatic carbocycles. The molecule has 1 atom stereocenters. The number of nitrogens with one attached hydrogen (secondary N) is 1. The van der Waals surface area contributed by atoms with Gasteiger partial charge in [-0.2, -0.15) is 5.10 Å². The highest BCUT2D eigenvalue weighted by Crippen LogP contribution is 2.20. The Hall–Kier alpha value is -2.73. The van der Waals surface area contributed by atoms with Crippen LogP contribution in [0.2, 0.25) is 0 Å². The fraction of sp³-hybridized carbons (Fsp3) is 0.278. The molecule has 0 spiro atoms. The molecule has 24 heavy (non-hydrogen) atoms. The van der Waals surface area contributed by atoms with Gasteiger partial charge in [-0.25, -0.2) is 4.68 Å². The summed E-state index contributed by atoms with van der Waals surface area (Å²) in [6, 6.07) is 13.5. The van der Waals surface area contributed by atoms with Gasteiger partial charge in [-0.15, -0.1) is 0 Å². The third-order valence-electron chi connectivity index (χ3n) is 4.07. The van der Waals surface area contributed by atoms with E-state index in [1.54, 1.807) is 13.2 Å². The molecule has 0 saturated heterocycles. The first-order valence-electron chi connectivity index (χ1n) is 7.85. The smallest absolute Gasteiger partial charge is 0.274 e. The molecule has 1 N–H and O–H groups in total. The first kappa shape index (κ1) is 16.1. The Morgan fingerprint density at radius 3 is 2.50 bits per heavy atom. The Morgan fingerprint density at radius 1 is 1.12 bits per heavy atom. The van der Waals surface area contributed by atoms with E-state index >= 15 is 0 Å². The van der Waals surface area contributed by atoms with Crippen molar-refractivity contribution >= 4 is 16.6 Å². The van der Waals surface area contributed by atoms with Gasteiger partial charge in [-0.05, 0) is 32.3 Å². The van der Waals surface area contributed by atoms with Crippen LogP contribution in [0, 0.1) is 0 Å². The zero-order valence-electron chi connectivity index (χ0n) is 14.1. The van der Waals surface area contributed by atoms with Crippen LogP contribution in [0.3, 0.4) is 0 Å². The summed E-state index contributed by atoms with van der Waals surface area (Å²) in [4.78, 5) is 18.8. The number of fused-ring (bicyclic) bond motifs is 1. The van der Waals surface area contributed by atoms with Gasteiger partial charge in [0.15, 0.2) is 5.82 Å². The average molecular weight is 323 g/mol. The molecule has 124 valence electrons. The number of hydrogen-bond donors (Lipinski definition) is 1. The molecule has 3 aromatic rings. The number of hydrogen-bond acceptors (Lipinski definition) is 5. The standard InChI is InChI=1S/C18H21N5O/c1-22(2)16(15-10-6-7-11-19-15)12-20-17-13-8-4-5-9-14(13)18(24)23(3)21-17/h4-11,16H,12H2,1-3H3,(H,20,21). The molecule has 6 nitrogen and oxygen atoms in total. The highest BCUT2D eigenvalue weighted by atomic mass is 16.1. The molecule has 2 heterocycles. The maximum Gasteiger partial charge on any atom is 0.274 e. The molecule has 2 aromatic heterocycles. The summed E-state index contributed by atoms with van der Waals surface area (Å²) in [5.74, 6) is 0.704. The first-order valence-corrected chi connectivity index (χ1v) is 7.85. The number of anilines is 1. The normalized spacial score (nSPS) is 12.5. The number of benzene rings is 1. The number of aryl methyl sites for hydroxylation is 1. The lowest BCUT2D eigenvalue weighted by Gasteiger charge is -2.24. The van der Waals surface area contributed by atoms with Crippen LogP contribution in [0.1, 0.15) is 11.7 Å². The van der Waals surface area contributed by atoms with E-state index in [9.17, 15) is 4.79 Å². The van der Waals surface area contributed by atoms with E-state index in [0.717, 1.165) is 11.1 Å². The molecule has 0 aliphatic rings. The van der Waals surface area contributed by atoms with Gasteiger partial charge in [-0.3, -0.25) is 14.7 Å². The third-order valence-corrected chi connectivity index (χ3v) is 4.07. The van der Waals surface area contributed by atoms with Crippen LogP contribution >= 0.6 is 0 Å². The summed E-state index contributed by atoms with van der Waals surface area (Å²) in [5, 5.41) is 9.26. The molecule has 0 saturated carbocycles. The predicted molar refractivity (Wildman–Crippen MR) is 96.1 cm³/mol. The Balaban J connectivity index is 1.92. The molecule has 1 unspecified atom stereocenters. The van der Waals surface area contributed by atoms with Gasteiger partial charge in [0, 0.05) is 25.2 Å². The number of rotatable bonds is 5. The minimum atomic E-state index is -0.0926. The van der Waals surface area contributed by atoms with E-state index in [4.69, 9.17) is 0 Å². The van der Waals surface area contributed by atoms with Crippen LogP contribution in [-0.4, -0.2) is 40.3 Å². The van der Waals surface area contributed by atoms with Gasteiger partial charge in [0.2, 0.25) is 0 Å². The van der Waals surface area contributed by atoms with Crippen molar-refractivity contribution in [2.45, 2.75) is 6.04 Å². The summed E-state index contributed by atoms with van der Waals surface area (Å²) in [7, 11) is 5.71. The lowest BCUT2D eigenvalue weighted by atomic mass is 10.1. The van der Waals surface area contributed by atoms with Crippen LogP contribution in [-0.2, 0) is 7.05 Å². The van der Waals surface area contributed by atoms with E-state index in [-0.39, 0.29) is 11.6 Å². The molecule has 0 radical (unpaired) electrons. The molecule has 0 aliphatic carbocycles. The fourth-order valence-corrected chi connectivity index (χ4v) is 2.75.